The molecule has 0 saturated heterocycles. The van der Waals surface area contributed by atoms with Gasteiger partial charge in [0, 0.05) is 16.7 Å². The molecule has 0 amide bonds. The van der Waals surface area contributed by atoms with Crippen molar-refractivity contribution in [2.24, 2.45) is 0 Å². The van der Waals surface area contributed by atoms with Gasteiger partial charge in [0.25, 0.3) is 0 Å². The van der Waals surface area contributed by atoms with Gasteiger partial charge in [-0.1, -0.05) is 212 Å². The molecular formula is C62H39N3. The zero-order chi connectivity index (χ0) is 42.9. The van der Waals surface area contributed by atoms with E-state index in [4.69, 9.17) is 15.0 Å². The van der Waals surface area contributed by atoms with Gasteiger partial charge in [0.1, 0.15) is 0 Å². The highest BCUT2D eigenvalue weighted by Crippen LogP contribution is 2.63. The van der Waals surface area contributed by atoms with Crippen LogP contribution in [0.5, 0.6) is 0 Å². The number of hydrogen-bond donors (Lipinski definition) is 0. The number of benzene rings is 10. The predicted octanol–water partition coefficient (Wildman–Crippen LogP) is 15.4. The minimum absolute atomic E-state index is 0.430. The molecule has 0 N–H and O–H groups in total. The summed E-state index contributed by atoms with van der Waals surface area (Å²) in [6.07, 6.45) is 0. The second-order valence-corrected chi connectivity index (χ2v) is 17.1. The molecule has 2 aliphatic rings. The quantitative estimate of drug-likeness (QED) is 0.168. The van der Waals surface area contributed by atoms with Gasteiger partial charge in [0.2, 0.25) is 0 Å². The van der Waals surface area contributed by atoms with E-state index in [1.165, 1.54) is 49.9 Å². The highest BCUT2D eigenvalue weighted by molar-refractivity contribution is 5.97. The van der Waals surface area contributed by atoms with Crippen molar-refractivity contribution < 1.29 is 0 Å². The largest absolute Gasteiger partial charge is 0.208 e. The molecule has 302 valence electrons. The lowest BCUT2D eigenvalue weighted by Crippen LogP contribution is -2.25. The molecule has 0 radical (unpaired) electrons. The van der Waals surface area contributed by atoms with Crippen LogP contribution in [0.3, 0.4) is 0 Å². The van der Waals surface area contributed by atoms with Crippen LogP contribution in [-0.2, 0) is 5.41 Å². The highest BCUT2D eigenvalue weighted by atomic mass is 15.0. The van der Waals surface area contributed by atoms with Crippen LogP contribution in [0.4, 0.5) is 0 Å². The Balaban J connectivity index is 1.00. The van der Waals surface area contributed by atoms with Gasteiger partial charge in [-0.2, -0.15) is 0 Å². The lowest BCUT2D eigenvalue weighted by atomic mass is 9.70. The number of nitrogens with zero attached hydrogens (tertiary/aromatic N) is 3. The molecule has 1 aromatic heterocycles. The summed E-state index contributed by atoms with van der Waals surface area (Å²) >= 11 is 0. The van der Waals surface area contributed by atoms with E-state index in [1.807, 2.05) is 6.07 Å². The van der Waals surface area contributed by atoms with E-state index < -0.39 is 5.41 Å². The Hall–Kier alpha value is -8.53. The molecule has 0 saturated carbocycles. The van der Waals surface area contributed by atoms with Crippen molar-refractivity contribution in [2.75, 3.05) is 0 Å². The topological polar surface area (TPSA) is 38.7 Å². The Kier molecular flexibility index (Phi) is 8.44. The van der Waals surface area contributed by atoms with E-state index in [-0.39, 0.29) is 0 Å². The van der Waals surface area contributed by atoms with E-state index >= 15 is 0 Å². The minimum Gasteiger partial charge on any atom is -0.208 e. The summed E-state index contributed by atoms with van der Waals surface area (Å²) < 4.78 is 0. The van der Waals surface area contributed by atoms with Crippen LogP contribution < -0.4 is 0 Å². The molecule has 1 heterocycles. The number of rotatable bonds is 6. The van der Waals surface area contributed by atoms with Crippen molar-refractivity contribution >= 4 is 10.8 Å². The van der Waals surface area contributed by atoms with Crippen LogP contribution in [0.2, 0.25) is 0 Å². The number of fused-ring (bicyclic) bond motifs is 11. The van der Waals surface area contributed by atoms with E-state index in [0.717, 1.165) is 55.5 Å². The monoisotopic (exact) mass is 825 g/mol. The molecule has 65 heavy (non-hydrogen) atoms. The average Bonchev–Trinajstić information content (AvgIpc) is 3.86. The van der Waals surface area contributed by atoms with Crippen LogP contribution in [-0.4, -0.2) is 15.0 Å². The fourth-order valence-corrected chi connectivity index (χ4v) is 10.6. The standard InChI is InChI=1S/C62H39N3/c1-3-16-40(17-4-1)44-22-15-23-46(36-44)59-63-60(47-31-30-41-18-7-8-21-43(41)37-47)65-61(64-59)48-33-34-49(54(38-48)42-19-5-2-6-20-42)45-32-35-53-52-26-11-14-29-57(52)62(58(53)39-45)55-27-12-9-24-50(55)51-25-10-13-28-56(51)62/h1-39H. The molecule has 13 rings (SSSR count). The highest BCUT2D eigenvalue weighted by Gasteiger charge is 2.51. The van der Waals surface area contributed by atoms with Crippen molar-refractivity contribution in [3.63, 3.8) is 0 Å². The van der Waals surface area contributed by atoms with Gasteiger partial charge < -0.3 is 0 Å². The van der Waals surface area contributed by atoms with Crippen LogP contribution in [0.1, 0.15) is 22.3 Å². The summed E-state index contributed by atoms with van der Waals surface area (Å²) in [7, 11) is 0. The Morgan fingerprint density at radius 1 is 0.215 bits per heavy atom. The van der Waals surface area contributed by atoms with Gasteiger partial charge >= 0.3 is 0 Å². The molecule has 10 aromatic carbocycles. The molecule has 0 bridgehead atoms. The molecule has 3 nitrogen and oxygen atoms in total. The van der Waals surface area contributed by atoms with E-state index in [9.17, 15) is 0 Å². The average molecular weight is 826 g/mol. The maximum Gasteiger partial charge on any atom is 0.164 e. The first-order valence-corrected chi connectivity index (χ1v) is 22.3. The molecule has 0 unspecified atom stereocenters. The molecule has 1 spiro atoms. The van der Waals surface area contributed by atoms with Gasteiger partial charge in [-0.15, -0.1) is 0 Å². The second kappa shape index (κ2) is 14.8. The SMILES string of the molecule is c1ccc(-c2cccc(-c3nc(-c4ccc(-c5ccc6c(c5)C5(c7ccccc7-c7ccccc75)c5ccccc5-6)c(-c5ccccc5)c4)nc(-c4ccc5ccccc5c4)n3)c2)cc1. The Morgan fingerprint density at radius 2 is 0.662 bits per heavy atom. The molecule has 11 aromatic rings. The molecular weight excluding hydrogens is 787 g/mol. The van der Waals surface area contributed by atoms with Crippen LogP contribution in [0.15, 0.2) is 237 Å². The summed E-state index contributed by atoms with van der Waals surface area (Å²) in [4.78, 5) is 15.7. The first kappa shape index (κ1) is 37.1. The maximum atomic E-state index is 5.27. The fourth-order valence-electron chi connectivity index (χ4n) is 10.6. The third-order valence-corrected chi connectivity index (χ3v) is 13.5. The molecule has 2 aliphatic carbocycles. The zero-order valence-corrected chi connectivity index (χ0v) is 35.4. The van der Waals surface area contributed by atoms with Crippen LogP contribution in [0.25, 0.3) is 101 Å². The molecule has 0 atom stereocenters. The number of aromatic nitrogens is 3. The zero-order valence-electron chi connectivity index (χ0n) is 35.4. The Morgan fingerprint density at radius 3 is 1.31 bits per heavy atom. The summed E-state index contributed by atoms with van der Waals surface area (Å²) in [6, 6.07) is 85.3. The summed E-state index contributed by atoms with van der Waals surface area (Å²) in [5, 5.41) is 2.31. The first-order chi connectivity index (χ1) is 32.2. The minimum atomic E-state index is -0.430. The van der Waals surface area contributed by atoms with Crippen molar-refractivity contribution in [1.82, 2.24) is 15.0 Å². The smallest absolute Gasteiger partial charge is 0.164 e. The van der Waals surface area contributed by atoms with Crippen LogP contribution >= 0.6 is 0 Å². The lowest BCUT2D eigenvalue weighted by molar-refractivity contribution is 0.794. The summed E-state index contributed by atoms with van der Waals surface area (Å²) in [5.41, 5.74) is 19.7. The van der Waals surface area contributed by atoms with Crippen LogP contribution in [0, 0.1) is 0 Å². The van der Waals surface area contributed by atoms with E-state index in [0.29, 0.717) is 17.5 Å². The number of hydrogen-bond acceptors (Lipinski definition) is 3. The van der Waals surface area contributed by atoms with E-state index in [2.05, 4.69) is 231 Å². The van der Waals surface area contributed by atoms with Gasteiger partial charge in [-0.25, -0.2) is 15.0 Å². The second-order valence-electron chi connectivity index (χ2n) is 17.1. The maximum absolute atomic E-state index is 5.27. The van der Waals surface area contributed by atoms with Gasteiger partial charge in [-0.3, -0.25) is 0 Å². The third kappa shape index (κ3) is 5.86. The Bertz CT molecular complexity index is 3600. The normalized spacial score (nSPS) is 12.7. The predicted molar refractivity (Wildman–Crippen MR) is 266 cm³/mol. The molecule has 3 heteroatoms. The van der Waals surface area contributed by atoms with Gasteiger partial charge in [0.05, 0.1) is 5.41 Å². The molecule has 0 fully saturated rings. The van der Waals surface area contributed by atoms with Crippen molar-refractivity contribution in [3.8, 4) is 89.8 Å². The van der Waals surface area contributed by atoms with Crippen molar-refractivity contribution in [3.05, 3.63) is 259 Å². The Labute approximate surface area is 378 Å². The van der Waals surface area contributed by atoms with Crippen molar-refractivity contribution in [1.29, 1.82) is 0 Å². The third-order valence-electron chi connectivity index (χ3n) is 13.5. The van der Waals surface area contributed by atoms with Crippen molar-refractivity contribution in [2.45, 2.75) is 5.41 Å². The van der Waals surface area contributed by atoms with Gasteiger partial charge in [-0.05, 0) is 113 Å². The molecule has 0 aliphatic heterocycles. The van der Waals surface area contributed by atoms with Gasteiger partial charge in [0.15, 0.2) is 17.5 Å². The summed E-state index contributed by atoms with van der Waals surface area (Å²) in [6.45, 7) is 0. The summed E-state index contributed by atoms with van der Waals surface area (Å²) in [5.74, 6) is 1.88. The van der Waals surface area contributed by atoms with E-state index in [1.54, 1.807) is 0 Å². The lowest BCUT2D eigenvalue weighted by Gasteiger charge is -2.30. The fraction of sp³-hybridized carbons (Fsp3) is 0.0161. The first-order valence-electron chi connectivity index (χ1n) is 22.3.